The van der Waals surface area contributed by atoms with E-state index in [-0.39, 0.29) is 5.91 Å². The van der Waals surface area contributed by atoms with E-state index in [4.69, 9.17) is 0 Å². The minimum Gasteiger partial charge on any atom is -0.340 e. The van der Waals surface area contributed by atoms with Gasteiger partial charge in [-0.1, -0.05) is 0 Å². The summed E-state index contributed by atoms with van der Waals surface area (Å²) in [4.78, 5) is 16.6. The van der Waals surface area contributed by atoms with Crippen LogP contribution in [0.1, 0.15) is 29.4 Å². The van der Waals surface area contributed by atoms with Crippen molar-refractivity contribution in [3.8, 4) is 0 Å². The van der Waals surface area contributed by atoms with E-state index in [0.29, 0.717) is 22.0 Å². The Morgan fingerprint density at radius 1 is 1.33 bits per heavy atom. The number of rotatable bonds is 3. The van der Waals surface area contributed by atoms with Crippen molar-refractivity contribution in [2.24, 2.45) is 0 Å². The van der Waals surface area contributed by atoms with Crippen LogP contribution < -0.4 is 10.6 Å². The molecule has 0 spiro atoms. The van der Waals surface area contributed by atoms with E-state index in [1.807, 2.05) is 24.4 Å². The van der Waals surface area contributed by atoms with Gasteiger partial charge in [0.15, 0.2) is 0 Å². The highest BCUT2D eigenvalue weighted by atomic mass is 79.9. The van der Waals surface area contributed by atoms with Crippen molar-refractivity contribution < 1.29 is 4.79 Å². The maximum atomic E-state index is 12.5. The normalized spacial score (nSPS) is 15.9. The number of anilines is 1. The number of carbonyl (C=O) groups excluding carboxylic acids is 1. The van der Waals surface area contributed by atoms with Crippen LogP contribution in [0.15, 0.2) is 41.3 Å². The van der Waals surface area contributed by atoms with Gasteiger partial charge in [-0.2, -0.15) is 0 Å². The van der Waals surface area contributed by atoms with Crippen LogP contribution in [-0.2, 0) is 0 Å². The molecule has 2 aromatic heterocycles. The van der Waals surface area contributed by atoms with Crippen molar-refractivity contribution >= 4 is 27.5 Å². The lowest BCUT2D eigenvalue weighted by Crippen LogP contribution is -2.31. The van der Waals surface area contributed by atoms with Gasteiger partial charge >= 0.3 is 0 Å². The van der Waals surface area contributed by atoms with Crippen LogP contribution >= 0.6 is 15.9 Å². The van der Waals surface area contributed by atoms with E-state index in [9.17, 15) is 4.79 Å². The van der Waals surface area contributed by atoms with E-state index >= 15 is 0 Å². The predicted octanol–water partition coefficient (Wildman–Crippen LogP) is 2.82. The number of pyridine rings is 1. The van der Waals surface area contributed by atoms with E-state index in [2.05, 4.69) is 36.1 Å². The predicted molar refractivity (Wildman–Crippen MR) is 85.5 cm³/mol. The molecule has 1 fully saturated rings. The zero-order valence-corrected chi connectivity index (χ0v) is 13.1. The summed E-state index contributed by atoms with van der Waals surface area (Å²) in [6, 6.07) is 7.80. The number of hydrogen-bond donors (Lipinski definition) is 2. The first-order chi connectivity index (χ1) is 10.3. The third-order valence-electron chi connectivity index (χ3n) is 3.72. The molecule has 1 amide bonds. The van der Waals surface area contributed by atoms with Gasteiger partial charge < -0.3 is 15.2 Å². The smallest absolute Gasteiger partial charge is 0.272 e. The summed E-state index contributed by atoms with van der Waals surface area (Å²) in [6.07, 6.45) is 5.76. The topological polar surface area (TPSA) is 59.0 Å². The molecule has 2 aromatic rings. The molecule has 0 saturated carbocycles. The Morgan fingerprint density at radius 2 is 2.14 bits per heavy atom. The molecule has 2 N–H and O–H groups in total. The molecular weight excluding hydrogens is 332 g/mol. The Bertz CT molecular complexity index is 634. The van der Waals surface area contributed by atoms with Crippen LogP contribution in [-0.4, -0.2) is 28.5 Å². The van der Waals surface area contributed by atoms with Crippen LogP contribution in [0.3, 0.4) is 0 Å². The van der Waals surface area contributed by atoms with Gasteiger partial charge in [0.25, 0.3) is 5.91 Å². The number of aromatic nitrogens is 2. The first-order valence-electron chi connectivity index (χ1n) is 7.05. The van der Waals surface area contributed by atoms with Crippen LogP contribution in [0.5, 0.6) is 0 Å². The number of nitrogens with zero attached hydrogens (tertiary/aromatic N) is 2. The third-order valence-corrected chi connectivity index (χ3v) is 4.35. The fourth-order valence-electron chi connectivity index (χ4n) is 2.66. The van der Waals surface area contributed by atoms with Crippen molar-refractivity contribution in [1.82, 2.24) is 14.9 Å². The Morgan fingerprint density at radius 3 is 2.90 bits per heavy atom. The summed E-state index contributed by atoms with van der Waals surface area (Å²) in [5, 5.41) is 6.25. The summed E-state index contributed by atoms with van der Waals surface area (Å²) in [5.41, 5.74) is 1.37. The molecule has 110 valence electrons. The second-order valence-electron chi connectivity index (χ2n) is 5.08. The first-order valence-corrected chi connectivity index (χ1v) is 7.84. The Labute approximate surface area is 131 Å². The molecule has 3 heterocycles. The molecule has 6 heteroatoms. The van der Waals surface area contributed by atoms with Crippen molar-refractivity contribution in [2.45, 2.75) is 18.9 Å². The standard InChI is InChI=1S/C15H17BrN4O/c16-14-12(3-1-7-18-14)19-15(21)13-4-2-10-20(13)11-5-8-17-9-6-11/h1-4,7,10-11,17H,5-6,8-9H2,(H,19,21). The van der Waals surface area contributed by atoms with Gasteiger partial charge in [-0.3, -0.25) is 4.79 Å². The molecule has 21 heavy (non-hydrogen) atoms. The molecule has 0 aromatic carbocycles. The minimum atomic E-state index is -0.104. The molecule has 0 radical (unpaired) electrons. The van der Waals surface area contributed by atoms with Crippen LogP contribution in [0.2, 0.25) is 0 Å². The monoisotopic (exact) mass is 348 g/mol. The zero-order valence-electron chi connectivity index (χ0n) is 11.6. The van der Waals surface area contributed by atoms with Gasteiger partial charge in [0, 0.05) is 18.4 Å². The van der Waals surface area contributed by atoms with Crippen molar-refractivity contribution in [3.63, 3.8) is 0 Å². The number of halogens is 1. The Kier molecular flexibility index (Phi) is 4.36. The van der Waals surface area contributed by atoms with Gasteiger partial charge in [0.1, 0.15) is 10.3 Å². The van der Waals surface area contributed by atoms with Crippen LogP contribution in [0.25, 0.3) is 0 Å². The van der Waals surface area contributed by atoms with E-state index in [0.717, 1.165) is 25.9 Å². The largest absolute Gasteiger partial charge is 0.340 e. The highest BCUT2D eigenvalue weighted by molar-refractivity contribution is 9.10. The maximum Gasteiger partial charge on any atom is 0.272 e. The van der Waals surface area contributed by atoms with Crippen molar-refractivity contribution in [3.05, 3.63) is 47.0 Å². The number of carbonyl (C=O) groups is 1. The molecule has 1 aliphatic heterocycles. The molecule has 0 atom stereocenters. The quantitative estimate of drug-likeness (QED) is 0.838. The first kappa shape index (κ1) is 14.3. The number of piperidine rings is 1. The number of amides is 1. The SMILES string of the molecule is O=C(Nc1cccnc1Br)c1cccn1C1CCNCC1. The Balaban J connectivity index is 1.79. The van der Waals surface area contributed by atoms with E-state index < -0.39 is 0 Å². The summed E-state index contributed by atoms with van der Waals surface area (Å²) in [6.45, 7) is 2.00. The third kappa shape index (κ3) is 3.16. The van der Waals surface area contributed by atoms with Crippen LogP contribution in [0.4, 0.5) is 5.69 Å². The second-order valence-corrected chi connectivity index (χ2v) is 5.83. The number of nitrogens with one attached hydrogen (secondary N) is 2. The molecule has 0 aliphatic carbocycles. The zero-order chi connectivity index (χ0) is 14.7. The van der Waals surface area contributed by atoms with Crippen LogP contribution in [0, 0.1) is 0 Å². The number of hydrogen-bond acceptors (Lipinski definition) is 3. The van der Waals surface area contributed by atoms with E-state index in [1.54, 1.807) is 12.3 Å². The molecule has 0 unspecified atom stereocenters. The fourth-order valence-corrected chi connectivity index (χ4v) is 3.00. The Hall–Kier alpha value is -1.66. The van der Waals surface area contributed by atoms with Gasteiger partial charge in [0.05, 0.1) is 5.69 Å². The van der Waals surface area contributed by atoms with Gasteiger partial charge in [-0.15, -0.1) is 0 Å². The minimum absolute atomic E-state index is 0.104. The second kappa shape index (κ2) is 6.41. The lowest BCUT2D eigenvalue weighted by Gasteiger charge is -2.25. The van der Waals surface area contributed by atoms with Gasteiger partial charge in [-0.25, -0.2) is 4.98 Å². The van der Waals surface area contributed by atoms with Gasteiger partial charge in [-0.05, 0) is 66.1 Å². The molecule has 1 saturated heterocycles. The van der Waals surface area contributed by atoms with E-state index in [1.165, 1.54) is 0 Å². The summed E-state index contributed by atoms with van der Waals surface area (Å²) in [5.74, 6) is -0.104. The summed E-state index contributed by atoms with van der Waals surface area (Å²) >= 11 is 3.34. The summed E-state index contributed by atoms with van der Waals surface area (Å²) < 4.78 is 2.72. The molecular formula is C15H17BrN4O. The highest BCUT2D eigenvalue weighted by Crippen LogP contribution is 2.23. The van der Waals surface area contributed by atoms with Gasteiger partial charge in [0.2, 0.25) is 0 Å². The van der Waals surface area contributed by atoms with Crippen molar-refractivity contribution in [1.29, 1.82) is 0 Å². The molecule has 1 aliphatic rings. The lowest BCUT2D eigenvalue weighted by molar-refractivity contribution is 0.101. The average Bonchev–Trinajstić information content (AvgIpc) is 3.00. The maximum absolute atomic E-state index is 12.5. The lowest BCUT2D eigenvalue weighted by atomic mass is 10.1. The molecule has 3 rings (SSSR count). The van der Waals surface area contributed by atoms with Crippen molar-refractivity contribution in [2.75, 3.05) is 18.4 Å². The molecule has 5 nitrogen and oxygen atoms in total. The highest BCUT2D eigenvalue weighted by Gasteiger charge is 2.20. The average molecular weight is 349 g/mol. The molecule has 0 bridgehead atoms. The fraction of sp³-hybridized carbons (Fsp3) is 0.333. The summed E-state index contributed by atoms with van der Waals surface area (Å²) in [7, 11) is 0.